The smallest absolute Gasteiger partial charge is 0.234 e. The predicted molar refractivity (Wildman–Crippen MR) is 73.8 cm³/mol. The Bertz CT molecular complexity index is 375. The van der Waals surface area contributed by atoms with Crippen LogP contribution < -0.4 is 11.1 Å². The highest BCUT2D eigenvalue weighted by Gasteiger charge is 2.46. The third-order valence-corrected chi connectivity index (χ3v) is 5.27. The number of hydrogen-bond acceptors (Lipinski definition) is 3. The molecule has 0 bridgehead atoms. The summed E-state index contributed by atoms with van der Waals surface area (Å²) in [7, 11) is 0. The number of amidine groups is 1. The van der Waals surface area contributed by atoms with Gasteiger partial charge in [-0.3, -0.25) is 4.79 Å². The summed E-state index contributed by atoms with van der Waals surface area (Å²) in [6.07, 6.45) is 5.47. The standard InChI is InChI=1S/C14H25N3O2/c1-9-5-6-11(10(9)2)16-13(18)14(12(15)17-19)7-3-4-8-14/h9-11,19H,3-8H2,1-2H3,(H2,15,17)(H,16,18). The first-order valence-corrected chi connectivity index (χ1v) is 7.30. The fraction of sp³-hybridized carbons (Fsp3) is 0.857. The molecule has 5 nitrogen and oxygen atoms in total. The van der Waals surface area contributed by atoms with E-state index in [4.69, 9.17) is 10.9 Å². The second kappa shape index (κ2) is 5.39. The molecule has 0 aromatic rings. The Balaban J connectivity index is 2.09. The quantitative estimate of drug-likeness (QED) is 0.315. The van der Waals surface area contributed by atoms with E-state index >= 15 is 0 Å². The molecule has 0 aromatic heterocycles. The molecule has 2 aliphatic rings. The SMILES string of the molecule is CC1CCC(NC(=O)C2(C(N)=NO)CCCC2)C1C. The van der Waals surface area contributed by atoms with Gasteiger partial charge in [-0.2, -0.15) is 0 Å². The van der Waals surface area contributed by atoms with Crippen LogP contribution in [0.3, 0.4) is 0 Å². The van der Waals surface area contributed by atoms with E-state index in [1.807, 2.05) is 0 Å². The van der Waals surface area contributed by atoms with Crippen molar-refractivity contribution in [1.29, 1.82) is 0 Å². The molecule has 2 saturated carbocycles. The van der Waals surface area contributed by atoms with Gasteiger partial charge in [0.15, 0.2) is 5.84 Å². The first-order valence-electron chi connectivity index (χ1n) is 7.30. The molecule has 3 unspecified atom stereocenters. The Morgan fingerprint density at radius 2 is 1.95 bits per heavy atom. The molecule has 0 aromatic carbocycles. The van der Waals surface area contributed by atoms with Crippen molar-refractivity contribution >= 4 is 11.7 Å². The van der Waals surface area contributed by atoms with E-state index < -0.39 is 5.41 Å². The van der Waals surface area contributed by atoms with Gasteiger partial charge in [-0.1, -0.05) is 31.8 Å². The average Bonchev–Trinajstić information content (AvgIpc) is 3.01. The van der Waals surface area contributed by atoms with E-state index in [0.717, 1.165) is 25.7 Å². The van der Waals surface area contributed by atoms with E-state index in [1.165, 1.54) is 0 Å². The molecule has 19 heavy (non-hydrogen) atoms. The van der Waals surface area contributed by atoms with Crippen molar-refractivity contribution in [3.8, 4) is 0 Å². The van der Waals surface area contributed by atoms with Crippen molar-refractivity contribution in [3.05, 3.63) is 0 Å². The van der Waals surface area contributed by atoms with Crippen molar-refractivity contribution in [1.82, 2.24) is 5.32 Å². The van der Waals surface area contributed by atoms with Gasteiger partial charge in [0.2, 0.25) is 5.91 Å². The lowest BCUT2D eigenvalue weighted by atomic mass is 9.83. The molecule has 0 heterocycles. The molecule has 3 atom stereocenters. The molecule has 0 aliphatic heterocycles. The van der Waals surface area contributed by atoms with Crippen LogP contribution in [0.2, 0.25) is 0 Å². The maximum Gasteiger partial charge on any atom is 0.234 e. The van der Waals surface area contributed by atoms with Crippen molar-refractivity contribution in [2.75, 3.05) is 0 Å². The predicted octanol–water partition coefficient (Wildman–Crippen LogP) is 1.84. The summed E-state index contributed by atoms with van der Waals surface area (Å²) < 4.78 is 0. The van der Waals surface area contributed by atoms with Crippen molar-refractivity contribution in [2.24, 2.45) is 28.1 Å². The molecule has 5 heteroatoms. The number of nitrogens with two attached hydrogens (primary N) is 1. The van der Waals surface area contributed by atoms with Crippen LogP contribution in [0.1, 0.15) is 52.4 Å². The number of nitrogens with zero attached hydrogens (tertiary/aromatic N) is 1. The second-order valence-corrected chi connectivity index (χ2v) is 6.27. The second-order valence-electron chi connectivity index (χ2n) is 6.27. The van der Waals surface area contributed by atoms with Crippen LogP contribution in [-0.2, 0) is 4.79 Å². The molecule has 0 saturated heterocycles. The van der Waals surface area contributed by atoms with Crippen LogP contribution in [-0.4, -0.2) is 23.0 Å². The first-order chi connectivity index (χ1) is 9.01. The lowest BCUT2D eigenvalue weighted by Crippen LogP contribution is -2.51. The molecule has 108 valence electrons. The summed E-state index contributed by atoms with van der Waals surface area (Å²) in [6, 6.07) is 0.228. The summed E-state index contributed by atoms with van der Waals surface area (Å²) >= 11 is 0. The van der Waals surface area contributed by atoms with Crippen molar-refractivity contribution < 1.29 is 10.0 Å². The average molecular weight is 267 g/mol. The summed E-state index contributed by atoms with van der Waals surface area (Å²) in [5.41, 5.74) is 5.01. The highest BCUT2D eigenvalue weighted by Crippen LogP contribution is 2.40. The zero-order valence-electron chi connectivity index (χ0n) is 11.9. The highest BCUT2D eigenvalue weighted by molar-refractivity contribution is 6.07. The largest absolute Gasteiger partial charge is 0.409 e. The number of carbonyl (C=O) groups excluding carboxylic acids is 1. The van der Waals surface area contributed by atoms with E-state index in [2.05, 4.69) is 24.3 Å². The Kier molecular flexibility index (Phi) is 4.02. The van der Waals surface area contributed by atoms with Gasteiger partial charge in [-0.25, -0.2) is 0 Å². The fourth-order valence-electron chi connectivity index (χ4n) is 3.55. The Hall–Kier alpha value is -1.26. The summed E-state index contributed by atoms with van der Waals surface area (Å²) in [5.74, 6) is 1.16. The monoisotopic (exact) mass is 267 g/mol. The van der Waals surface area contributed by atoms with E-state index in [-0.39, 0.29) is 17.8 Å². The summed E-state index contributed by atoms with van der Waals surface area (Å²) in [6.45, 7) is 4.42. The van der Waals surface area contributed by atoms with E-state index in [9.17, 15) is 4.79 Å². The molecule has 4 N–H and O–H groups in total. The van der Waals surface area contributed by atoms with Gasteiger partial charge in [-0.15, -0.1) is 0 Å². The minimum Gasteiger partial charge on any atom is -0.409 e. The maximum absolute atomic E-state index is 12.6. The van der Waals surface area contributed by atoms with Crippen molar-refractivity contribution in [2.45, 2.75) is 58.4 Å². The van der Waals surface area contributed by atoms with Crippen LogP contribution in [0.4, 0.5) is 0 Å². The van der Waals surface area contributed by atoms with Crippen molar-refractivity contribution in [3.63, 3.8) is 0 Å². The third-order valence-electron chi connectivity index (χ3n) is 5.27. The van der Waals surface area contributed by atoms with Gasteiger partial charge in [0.25, 0.3) is 0 Å². The molecule has 0 radical (unpaired) electrons. The fourth-order valence-corrected chi connectivity index (χ4v) is 3.55. The van der Waals surface area contributed by atoms with E-state index in [0.29, 0.717) is 24.7 Å². The van der Waals surface area contributed by atoms with Crippen LogP contribution in [0.15, 0.2) is 5.16 Å². The highest BCUT2D eigenvalue weighted by atomic mass is 16.4. The summed E-state index contributed by atoms with van der Waals surface area (Å²) in [5, 5.41) is 15.2. The molecule has 2 rings (SSSR count). The van der Waals surface area contributed by atoms with Crippen LogP contribution in [0, 0.1) is 17.3 Å². The Morgan fingerprint density at radius 3 is 2.42 bits per heavy atom. The lowest BCUT2D eigenvalue weighted by molar-refractivity contribution is -0.128. The number of amides is 1. The normalized spacial score (nSPS) is 34.4. The zero-order chi connectivity index (χ0) is 14.0. The minimum atomic E-state index is -0.777. The Labute approximate surface area is 114 Å². The lowest BCUT2D eigenvalue weighted by Gasteiger charge is -2.29. The number of rotatable bonds is 3. The molecule has 1 amide bonds. The first kappa shape index (κ1) is 14.2. The molecular weight excluding hydrogens is 242 g/mol. The molecule has 2 fully saturated rings. The van der Waals surface area contributed by atoms with Gasteiger partial charge in [0.1, 0.15) is 5.41 Å². The molecule has 2 aliphatic carbocycles. The maximum atomic E-state index is 12.6. The Morgan fingerprint density at radius 1 is 1.32 bits per heavy atom. The van der Waals surface area contributed by atoms with Crippen LogP contribution >= 0.6 is 0 Å². The van der Waals surface area contributed by atoms with Crippen LogP contribution in [0.5, 0.6) is 0 Å². The van der Waals surface area contributed by atoms with Gasteiger partial charge in [0.05, 0.1) is 0 Å². The van der Waals surface area contributed by atoms with Gasteiger partial charge in [-0.05, 0) is 37.5 Å². The molecule has 0 spiro atoms. The number of oxime groups is 1. The van der Waals surface area contributed by atoms with E-state index in [1.54, 1.807) is 0 Å². The van der Waals surface area contributed by atoms with Crippen LogP contribution in [0.25, 0.3) is 0 Å². The van der Waals surface area contributed by atoms with Gasteiger partial charge in [0, 0.05) is 6.04 Å². The zero-order valence-corrected chi connectivity index (χ0v) is 11.9. The number of nitrogens with one attached hydrogen (secondary N) is 1. The molecular formula is C14H25N3O2. The van der Waals surface area contributed by atoms with Gasteiger partial charge >= 0.3 is 0 Å². The minimum absolute atomic E-state index is 0.0498. The summed E-state index contributed by atoms with van der Waals surface area (Å²) in [4.78, 5) is 12.6. The topological polar surface area (TPSA) is 87.7 Å². The van der Waals surface area contributed by atoms with Gasteiger partial charge < -0.3 is 16.3 Å². The third kappa shape index (κ3) is 2.42. The number of carbonyl (C=O) groups is 1. The number of hydrogen-bond donors (Lipinski definition) is 3.